The first kappa shape index (κ1) is 10.5. The summed E-state index contributed by atoms with van der Waals surface area (Å²) in [6, 6.07) is 5.88. The van der Waals surface area contributed by atoms with Crippen molar-refractivity contribution in [2.45, 2.75) is 19.8 Å². The van der Waals surface area contributed by atoms with E-state index in [9.17, 15) is 0 Å². The fourth-order valence-electron chi connectivity index (χ4n) is 2.77. The van der Waals surface area contributed by atoms with E-state index in [4.69, 9.17) is 0 Å². The number of aromatic amines is 1. The van der Waals surface area contributed by atoms with Crippen molar-refractivity contribution in [1.82, 2.24) is 25.0 Å². The topological polar surface area (TPSA) is 59.4 Å². The lowest BCUT2D eigenvalue weighted by Crippen LogP contribution is -2.09. The summed E-state index contributed by atoms with van der Waals surface area (Å²) in [5.41, 5.74) is 5.81. The van der Waals surface area contributed by atoms with Crippen LogP contribution in [0, 0.1) is 6.92 Å². The molecule has 3 aromatic heterocycles. The van der Waals surface area contributed by atoms with Crippen LogP contribution in [0.2, 0.25) is 0 Å². The molecule has 0 saturated carbocycles. The van der Waals surface area contributed by atoms with Crippen LogP contribution in [0.25, 0.3) is 17.1 Å². The first-order chi connectivity index (χ1) is 9.34. The molecule has 0 aromatic carbocycles. The molecule has 19 heavy (non-hydrogen) atoms. The molecule has 5 heteroatoms. The van der Waals surface area contributed by atoms with Gasteiger partial charge in [-0.25, -0.2) is 9.67 Å². The van der Waals surface area contributed by atoms with Gasteiger partial charge in [-0.05, 0) is 37.5 Å². The largest absolute Gasteiger partial charge is 0.277 e. The fourth-order valence-corrected chi connectivity index (χ4v) is 2.77. The number of fused-ring (bicyclic) bond motifs is 3. The summed E-state index contributed by atoms with van der Waals surface area (Å²) in [6.45, 7) is 2.04. The van der Waals surface area contributed by atoms with Crippen LogP contribution in [0.3, 0.4) is 0 Å². The summed E-state index contributed by atoms with van der Waals surface area (Å²) in [5.74, 6) is 0.870. The van der Waals surface area contributed by atoms with Crippen molar-refractivity contribution in [3.8, 4) is 17.1 Å². The van der Waals surface area contributed by atoms with Crippen molar-refractivity contribution in [1.29, 1.82) is 0 Å². The van der Waals surface area contributed by atoms with Gasteiger partial charge >= 0.3 is 0 Å². The Kier molecular flexibility index (Phi) is 2.09. The van der Waals surface area contributed by atoms with Gasteiger partial charge in [-0.2, -0.15) is 10.2 Å². The van der Waals surface area contributed by atoms with Crippen LogP contribution in [-0.2, 0) is 12.8 Å². The van der Waals surface area contributed by atoms with E-state index in [1.54, 1.807) is 6.20 Å². The Morgan fingerprint density at radius 1 is 1.26 bits per heavy atom. The number of H-pyrrole nitrogens is 1. The van der Waals surface area contributed by atoms with E-state index in [2.05, 4.69) is 20.3 Å². The molecule has 0 bridgehead atoms. The number of nitrogens with one attached hydrogen (secondary N) is 1. The van der Waals surface area contributed by atoms with Crippen molar-refractivity contribution in [3.05, 3.63) is 47.5 Å². The van der Waals surface area contributed by atoms with Crippen LogP contribution in [0.5, 0.6) is 0 Å². The van der Waals surface area contributed by atoms with E-state index in [1.165, 1.54) is 16.8 Å². The summed E-state index contributed by atoms with van der Waals surface area (Å²) in [5, 5.41) is 11.9. The molecule has 0 fully saturated rings. The SMILES string of the molecule is Cc1nn(-c2ccccn2)c2c1-c1[nH]ncc1CC2. The van der Waals surface area contributed by atoms with Gasteiger partial charge in [-0.3, -0.25) is 5.10 Å². The Hall–Kier alpha value is -2.43. The van der Waals surface area contributed by atoms with Crippen molar-refractivity contribution in [2.24, 2.45) is 0 Å². The molecule has 0 atom stereocenters. The van der Waals surface area contributed by atoms with Gasteiger partial charge in [-0.15, -0.1) is 0 Å². The first-order valence-corrected chi connectivity index (χ1v) is 6.37. The average Bonchev–Trinajstić information content (AvgIpc) is 3.04. The lowest BCUT2D eigenvalue weighted by Gasteiger charge is -2.13. The summed E-state index contributed by atoms with van der Waals surface area (Å²) in [7, 11) is 0. The summed E-state index contributed by atoms with van der Waals surface area (Å²) in [6.07, 6.45) is 5.68. The maximum absolute atomic E-state index is 4.65. The molecule has 0 radical (unpaired) electrons. The molecule has 94 valence electrons. The highest BCUT2D eigenvalue weighted by Crippen LogP contribution is 2.34. The molecule has 1 N–H and O–H groups in total. The van der Waals surface area contributed by atoms with Gasteiger partial charge in [0.05, 0.1) is 23.3 Å². The van der Waals surface area contributed by atoms with Gasteiger partial charge in [0.2, 0.25) is 0 Å². The minimum atomic E-state index is 0.870. The van der Waals surface area contributed by atoms with E-state index in [0.717, 1.165) is 30.0 Å². The third kappa shape index (κ3) is 1.44. The van der Waals surface area contributed by atoms with Gasteiger partial charge < -0.3 is 0 Å². The minimum absolute atomic E-state index is 0.870. The zero-order chi connectivity index (χ0) is 12.8. The quantitative estimate of drug-likeness (QED) is 0.720. The lowest BCUT2D eigenvalue weighted by atomic mass is 9.94. The Morgan fingerprint density at radius 3 is 3.05 bits per heavy atom. The Balaban J connectivity index is 1.97. The Labute approximate surface area is 110 Å². The molecule has 1 aliphatic carbocycles. The van der Waals surface area contributed by atoms with Crippen molar-refractivity contribution in [3.63, 3.8) is 0 Å². The van der Waals surface area contributed by atoms with Crippen LogP contribution < -0.4 is 0 Å². The second-order valence-electron chi connectivity index (χ2n) is 4.78. The molecule has 5 nitrogen and oxygen atoms in total. The highest BCUT2D eigenvalue weighted by Gasteiger charge is 2.25. The number of aryl methyl sites for hydroxylation is 2. The summed E-state index contributed by atoms with van der Waals surface area (Å²) in [4.78, 5) is 4.39. The first-order valence-electron chi connectivity index (χ1n) is 6.37. The summed E-state index contributed by atoms with van der Waals surface area (Å²) < 4.78 is 1.95. The number of rotatable bonds is 1. The minimum Gasteiger partial charge on any atom is -0.277 e. The van der Waals surface area contributed by atoms with Crippen molar-refractivity contribution >= 4 is 0 Å². The molecule has 0 spiro atoms. The van der Waals surface area contributed by atoms with Gasteiger partial charge in [0.15, 0.2) is 5.82 Å². The maximum Gasteiger partial charge on any atom is 0.153 e. The molecule has 3 aromatic rings. The van der Waals surface area contributed by atoms with Crippen LogP contribution in [0.15, 0.2) is 30.6 Å². The third-order valence-electron chi connectivity index (χ3n) is 3.62. The van der Waals surface area contributed by atoms with E-state index < -0.39 is 0 Å². The third-order valence-corrected chi connectivity index (χ3v) is 3.62. The van der Waals surface area contributed by atoms with E-state index in [1.807, 2.05) is 36.0 Å². The maximum atomic E-state index is 4.65. The van der Waals surface area contributed by atoms with E-state index in [-0.39, 0.29) is 0 Å². The van der Waals surface area contributed by atoms with E-state index >= 15 is 0 Å². The van der Waals surface area contributed by atoms with Gasteiger partial charge in [0.1, 0.15) is 0 Å². The highest BCUT2D eigenvalue weighted by molar-refractivity contribution is 5.70. The molecule has 4 rings (SSSR count). The number of pyridine rings is 1. The fraction of sp³-hybridized carbons (Fsp3) is 0.214. The molecular weight excluding hydrogens is 238 g/mol. The van der Waals surface area contributed by atoms with Crippen LogP contribution in [-0.4, -0.2) is 25.0 Å². The second kappa shape index (κ2) is 3.78. The highest BCUT2D eigenvalue weighted by atomic mass is 15.3. The normalized spacial score (nSPS) is 13.1. The summed E-state index contributed by atoms with van der Waals surface area (Å²) >= 11 is 0. The van der Waals surface area contributed by atoms with Gasteiger partial charge in [-0.1, -0.05) is 6.07 Å². The zero-order valence-corrected chi connectivity index (χ0v) is 10.6. The molecule has 0 saturated heterocycles. The smallest absolute Gasteiger partial charge is 0.153 e. The zero-order valence-electron chi connectivity index (χ0n) is 10.6. The number of hydrogen-bond acceptors (Lipinski definition) is 3. The number of aromatic nitrogens is 5. The number of nitrogens with zero attached hydrogens (tertiary/aromatic N) is 4. The predicted octanol–water partition coefficient (Wildman–Crippen LogP) is 2.06. The van der Waals surface area contributed by atoms with Crippen LogP contribution in [0.1, 0.15) is 17.0 Å². The lowest BCUT2D eigenvalue weighted by molar-refractivity contribution is 0.757. The Morgan fingerprint density at radius 2 is 2.21 bits per heavy atom. The van der Waals surface area contributed by atoms with Crippen LogP contribution in [0.4, 0.5) is 0 Å². The van der Waals surface area contributed by atoms with Gasteiger partial charge in [0, 0.05) is 11.8 Å². The van der Waals surface area contributed by atoms with Crippen molar-refractivity contribution < 1.29 is 0 Å². The monoisotopic (exact) mass is 251 g/mol. The molecule has 3 heterocycles. The molecule has 0 unspecified atom stereocenters. The van der Waals surface area contributed by atoms with Crippen LogP contribution >= 0.6 is 0 Å². The molecule has 1 aliphatic rings. The predicted molar refractivity (Wildman–Crippen MR) is 71.1 cm³/mol. The molecule has 0 amide bonds. The van der Waals surface area contributed by atoms with Gasteiger partial charge in [0.25, 0.3) is 0 Å². The molecule has 0 aliphatic heterocycles. The van der Waals surface area contributed by atoms with Crippen molar-refractivity contribution in [2.75, 3.05) is 0 Å². The second-order valence-corrected chi connectivity index (χ2v) is 4.78. The molecular formula is C14H13N5. The Bertz CT molecular complexity index is 739. The number of hydrogen-bond donors (Lipinski definition) is 1. The van der Waals surface area contributed by atoms with E-state index in [0.29, 0.717) is 0 Å². The standard InChI is InChI=1S/C14H13N5/c1-9-13-11(6-5-10-8-16-17-14(10)13)19(18-9)12-4-2-3-7-15-12/h2-4,7-8H,5-6H2,1H3,(H,16,17). The average molecular weight is 251 g/mol.